The van der Waals surface area contributed by atoms with Crippen molar-refractivity contribution >= 4 is 15.7 Å². The zero-order valence-corrected chi connectivity index (χ0v) is 32.7. The molecule has 0 bridgehead atoms. The molecule has 4 nitrogen and oxygen atoms in total. The van der Waals surface area contributed by atoms with E-state index in [1.165, 1.54) is 62.5 Å². The van der Waals surface area contributed by atoms with Gasteiger partial charge in [-0.3, -0.25) is 0 Å². The predicted octanol–water partition coefficient (Wildman–Crippen LogP) is 11.7. The highest BCUT2D eigenvalue weighted by molar-refractivity contribution is 7.89. The summed E-state index contributed by atoms with van der Waals surface area (Å²) in [5.41, 5.74) is 6.12. The molecule has 1 N–H and O–H groups in total. The fraction of sp³-hybridized carbons (Fsp3) is 0.786. The molecule has 0 spiro atoms. The third-order valence-corrected chi connectivity index (χ3v) is 15.2. The highest BCUT2D eigenvalue weighted by Crippen LogP contribution is 2.67. The molecule has 264 valence electrons. The molecule has 7 atom stereocenters. The number of nitrogens with zero attached hydrogens (tertiary/aromatic N) is 1. The Morgan fingerprint density at radius 2 is 1.47 bits per heavy atom. The summed E-state index contributed by atoms with van der Waals surface area (Å²) in [6.07, 6.45) is 16.4. The van der Waals surface area contributed by atoms with Crippen molar-refractivity contribution in [3.63, 3.8) is 0 Å². The van der Waals surface area contributed by atoms with E-state index in [2.05, 4.69) is 104 Å². The van der Waals surface area contributed by atoms with Gasteiger partial charge in [0.05, 0.1) is 10.6 Å². The van der Waals surface area contributed by atoms with Gasteiger partial charge in [-0.2, -0.15) is 18.4 Å². The van der Waals surface area contributed by atoms with Crippen molar-refractivity contribution in [2.45, 2.75) is 169 Å². The van der Waals surface area contributed by atoms with Gasteiger partial charge in [0.15, 0.2) is 0 Å². The molecule has 4 aliphatic rings. The smallest absolute Gasteiger partial charge is 0.200 e. The molecule has 0 radical (unpaired) electrons. The number of hydrogen-bond acceptors (Lipinski definition) is 3. The standard InChI is InChI=1S/C42H68N2O2S/c1-26(2)13-12-14-30(9)37-17-18-38-34-16-15-32-25-33(19-21-41(32,10)39(34)20-22-42(37,38)11)43-44-47(45,46)40-35(28(5)6)23-31(27(3)4)24-36(40)29(7)8/h23-30,34,37-39,44H,12-22H2,1-11H3/b43-33+/t30-,34+,37-,38+,39+,41+,42-/m1/s1. The first-order valence-electron chi connectivity index (χ1n) is 19.5. The lowest BCUT2D eigenvalue weighted by atomic mass is 9.46. The molecule has 0 amide bonds. The van der Waals surface area contributed by atoms with Crippen LogP contribution in [-0.2, 0) is 10.0 Å². The number of fused-ring (bicyclic) bond motifs is 5. The monoisotopic (exact) mass is 665 g/mol. The van der Waals surface area contributed by atoms with Crippen molar-refractivity contribution < 1.29 is 8.42 Å². The summed E-state index contributed by atoms with van der Waals surface area (Å²) in [5, 5.41) is 4.65. The van der Waals surface area contributed by atoms with Crippen LogP contribution in [0.15, 0.2) is 33.8 Å². The Bertz CT molecular complexity index is 1420. The van der Waals surface area contributed by atoms with Gasteiger partial charge in [-0.1, -0.05) is 113 Å². The molecule has 1 aromatic carbocycles. The van der Waals surface area contributed by atoms with Crippen molar-refractivity contribution in [1.82, 2.24) is 4.83 Å². The summed E-state index contributed by atoms with van der Waals surface area (Å²) in [4.78, 5) is 3.17. The van der Waals surface area contributed by atoms with Crippen LogP contribution >= 0.6 is 0 Å². The molecule has 5 heteroatoms. The van der Waals surface area contributed by atoms with E-state index in [0.717, 1.165) is 71.6 Å². The van der Waals surface area contributed by atoms with Gasteiger partial charge >= 0.3 is 0 Å². The molecule has 0 unspecified atom stereocenters. The maximum absolute atomic E-state index is 14.0. The Kier molecular flexibility index (Phi) is 10.9. The first-order valence-corrected chi connectivity index (χ1v) is 20.9. The zero-order valence-electron chi connectivity index (χ0n) is 31.9. The van der Waals surface area contributed by atoms with Crippen molar-refractivity contribution in [1.29, 1.82) is 0 Å². The summed E-state index contributed by atoms with van der Waals surface area (Å²) in [5.74, 6) is 5.52. The van der Waals surface area contributed by atoms with Crippen LogP contribution in [0, 0.1) is 46.3 Å². The van der Waals surface area contributed by atoms with Gasteiger partial charge in [0, 0.05) is 0 Å². The molecule has 4 aliphatic carbocycles. The van der Waals surface area contributed by atoms with Crippen LogP contribution in [0.25, 0.3) is 0 Å². The highest BCUT2D eigenvalue weighted by atomic mass is 32.2. The van der Waals surface area contributed by atoms with Gasteiger partial charge < -0.3 is 0 Å². The Labute approximate surface area is 289 Å². The van der Waals surface area contributed by atoms with Crippen LogP contribution in [-0.4, -0.2) is 14.1 Å². The van der Waals surface area contributed by atoms with Crippen molar-refractivity contribution in [3.8, 4) is 0 Å². The lowest BCUT2D eigenvalue weighted by Crippen LogP contribution is -2.51. The highest BCUT2D eigenvalue weighted by Gasteiger charge is 2.59. The van der Waals surface area contributed by atoms with Gasteiger partial charge in [-0.05, 0) is 138 Å². The fourth-order valence-corrected chi connectivity index (χ4v) is 12.6. The minimum atomic E-state index is -3.82. The molecule has 47 heavy (non-hydrogen) atoms. The van der Waals surface area contributed by atoms with Crippen molar-refractivity contribution in [2.75, 3.05) is 0 Å². The molecule has 0 aromatic heterocycles. The molecular weight excluding hydrogens is 597 g/mol. The number of sulfonamides is 1. The van der Waals surface area contributed by atoms with Gasteiger partial charge in [-0.15, -0.1) is 0 Å². The summed E-state index contributed by atoms with van der Waals surface area (Å²) >= 11 is 0. The van der Waals surface area contributed by atoms with Crippen LogP contribution in [0.4, 0.5) is 0 Å². The van der Waals surface area contributed by atoms with E-state index in [1.54, 1.807) is 0 Å². The quantitative estimate of drug-likeness (QED) is 0.239. The lowest BCUT2D eigenvalue weighted by Gasteiger charge is -2.58. The van der Waals surface area contributed by atoms with E-state index in [9.17, 15) is 8.42 Å². The van der Waals surface area contributed by atoms with E-state index in [0.29, 0.717) is 16.2 Å². The molecular formula is C42H68N2O2S. The van der Waals surface area contributed by atoms with Crippen molar-refractivity contribution in [3.05, 3.63) is 40.5 Å². The zero-order chi connectivity index (χ0) is 34.5. The predicted molar refractivity (Wildman–Crippen MR) is 200 cm³/mol. The molecule has 0 aliphatic heterocycles. The molecule has 0 saturated heterocycles. The van der Waals surface area contributed by atoms with Crippen LogP contribution in [0.1, 0.15) is 181 Å². The third kappa shape index (κ3) is 7.04. The Morgan fingerprint density at radius 1 is 0.809 bits per heavy atom. The summed E-state index contributed by atoms with van der Waals surface area (Å²) in [7, 11) is -3.82. The Balaban J connectivity index is 1.34. The average molecular weight is 665 g/mol. The maximum Gasteiger partial charge on any atom is 0.277 e. The molecule has 5 rings (SSSR count). The van der Waals surface area contributed by atoms with Gasteiger partial charge in [-0.25, -0.2) is 0 Å². The number of rotatable bonds is 11. The van der Waals surface area contributed by atoms with Gasteiger partial charge in [0.2, 0.25) is 0 Å². The second kappa shape index (κ2) is 13.9. The fourth-order valence-electron chi connectivity index (χ4n) is 11.0. The summed E-state index contributed by atoms with van der Waals surface area (Å²) in [6.45, 7) is 25.2. The molecule has 3 fully saturated rings. The maximum atomic E-state index is 14.0. The van der Waals surface area contributed by atoms with Crippen LogP contribution in [0.5, 0.6) is 0 Å². The SMILES string of the molecule is CC(C)CCC[C@@H](C)[C@H]1CC[C@H]2[C@@H]3CCC4=C/C(=N/NS(=O)(=O)c5c(C(C)C)cc(C(C)C)cc5C(C)C)CC[C@]4(C)[C@H]3CC[C@]12C. The summed E-state index contributed by atoms with van der Waals surface area (Å²) < 4.78 is 28.0. The molecule has 1 aromatic rings. The van der Waals surface area contributed by atoms with Crippen LogP contribution in [0.3, 0.4) is 0 Å². The van der Waals surface area contributed by atoms with Gasteiger partial charge in [0.1, 0.15) is 0 Å². The average Bonchev–Trinajstić information content (AvgIpc) is 3.36. The molecule has 0 heterocycles. The Hall–Kier alpha value is -1.62. The number of allylic oxidation sites excluding steroid dienone is 2. The number of nitrogens with one attached hydrogen (secondary N) is 1. The largest absolute Gasteiger partial charge is 0.277 e. The van der Waals surface area contributed by atoms with E-state index >= 15 is 0 Å². The Morgan fingerprint density at radius 3 is 2.06 bits per heavy atom. The minimum absolute atomic E-state index is 0.0960. The topological polar surface area (TPSA) is 58.5 Å². The first-order chi connectivity index (χ1) is 22.0. The van der Waals surface area contributed by atoms with Crippen LogP contribution < -0.4 is 4.83 Å². The number of hydrazone groups is 1. The van der Waals surface area contributed by atoms with E-state index in [-0.39, 0.29) is 17.3 Å². The number of hydrogen-bond donors (Lipinski definition) is 1. The summed E-state index contributed by atoms with van der Waals surface area (Å²) in [6, 6.07) is 4.20. The van der Waals surface area contributed by atoms with Crippen molar-refractivity contribution in [2.24, 2.45) is 51.4 Å². The second-order valence-corrected chi connectivity index (χ2v) is 19.8. The normalized spacial score (nSPS) is 32.5. The van der Waals surface area contributed by atoms with Gasteiger partial charge in [0.25, 0.3) is 10.0 Å². The minimum Gasteiger partial charge on any atom is -0.200 e. The van der Waals surface area contributed by atoms with Crippen LogP contribution in [0.2, 0.25) is 0 Å². The number of benzene rings is 1. The third-order valence-electron chi connectivity index (χ3n) is 13.8. The first kappa shape index (κ1) is 36.7. The van der Waals surface area contributed by atoms with E-state index in [4.69, 9.17) is 0 Å². The van der Waals surface area contributed by atoms with E-state index in [1.807, 2.05) is 0 Å². The molecule has 3 saturated carbocycles. The second-order valence-electron chi connectivity index (χ2n) is 18.2. The lowest BCUT2D eigenvalue weighted by molar-refractivity contribution is -0.0573. The van der Waals surface area contributed by atoms with E-state index < -0.39 is 10.0 Å².